The van der Waals surface area contributed by atoms with Gasteiger partial charge >= 0.3 is 19.8 Å². The largest absolute Gasteiger partial charge is 0.472 e. The van der Waals surface area contributed by atoms with Crippen molar-refractivity contribution in [1.29, 1.82) is 0 Å². The van der Waals surface area contributed by atoms with Crippen LogP contribution in [0.2, 0.25) is 0 Å². The van der Waals surface area contributed by atoms with Crippen molar-refractivity contribution in [3.63, 3.8) is 0 Å². The topological polar surface area (TPSA) is 227 Å². The zero-order valence-electron chi connectivity index (χ0n) is 37.4. The van der Waals surface area contributed by atoms with E-state index in [2.05, 4.69) is 26.0 Å². The molecule has 1 rings (SSSR count). The Morgan fingerprint density at radius 3 is 1.68 bits per heavy atom. The molecular formula is C47H79O14P. The van der Waals surface area contributed by atoms with Gasteiger partial charge in [0.2, 0.25) is 0 Å². The van der Waals surface area contributed by atoms with E-state index in [-0.39, 0.29) is 18.6 Å². The first-order chi connectivity index (χ1) is 29.8. The molecular weight excluding hydrogens is 819 g/mol. The third-order valence-corrected chi connectivity index (χ3v) is 11.3. The average Bonchev–Trinajstić information content (AvgIpc) is 3.25. The number of phosphoric acid groups is 1. The first-order valence-corrected chi connectivity index (χ1v) is 24.5. The molecule has 1 aliphatic carbocycles. The fraction of sp³-hybridized carbons (Fsp3) is 0.723. The van der Waals surface area contributed by atoms with Gasteiger partial charge in [-0.15, -0.1) is 0 Å². The molecule has 1 aliphatic rings. The lowest BCUT2D eigenvalue weighted by molar-refractivity contribution is -0.220. The number of unbranched alkanes of at least 4 members (excludes halogenated alkanes) is 14. The summed E-state index contributed by atoms with van der Waals surface area (Å²) in [6, 6.07) is 0. The molecule has 0 aromatic heterocycles. The highest BCUT2D eigenvalue weighted by Crippen LogP contribution is 2.47. The molecule has 0 aromatic rings. The van der Waals surface area contributed by atoms with Crippen molar-refractivity contribution in [2.75, 3.05) is 13.2 Å². The maximum absolute atomic E-state index is 12.8. The van der Waals surface area contributed by atoms with E-state index in [4.69, 9.17) is 18.5 Å². The Kier molecular flexibility index (Phi) is 33.7. The Morgan fingerprint density at radius 2 is 1.03 bits per heavy atom. The smallest absolute Gasteiger partial charge is 0.462 e. The SMILES string of the molecule is CCCCCCCC/C=C\CCCCCCCC(=O)OC[C@H](COP(=O)(O)OC1[C@H](O)[C@H](O)C(O)[C@H](O)[C@H]1O)OC(=O)CCC/C=C\C/C=C\C/C=C\C=C\C(=O)CCCCC. The standard InChI is InChI=1S/C47H79O14P/c1-3-5-7-8-9-10-11-12-13-14-17-20-23-26-30-34-40(49)58-36-39(37-59-62(56,57)61-47-45(54)43(52)42(51)44(53)46(47)55)60-41(50)35-31-27-24-21-18-15-16-19-22-25-29-33-38(48)32-28-6-4-2/h12-13,15-16,21-22,24-25,29,33,39,42-47,51-55H,3-11,14,17-20,23,26-28,30-32,34-37H2,1-2H3,(H,56,57)/b13-12-,16-15-,24-21-,25-22-,33-29+/t39-,42?,43-,44+,45-,46-,47?/m1/s1. The zero-order valence-corrected chi connectivity index (χ0v) is 38.3. The molecule has 15 heteroatoms. The highest BCUT2D eigenvalue weighted by Gasteiger charge is 2.51. The lowest BCUT2D eigenvalue weighted by atomic mass is 9.85. The number of carbonyl (C=O) groups is 3. The van der Waals surface area contributed by atoms with Gasteiger partial charge in [-0.05, 0) is 70.3 Å². The third kappa shape index (κ3) is 28.8. The van der Waals surface area contributed by atoms with Crippen LogP contribution in [0.15, 0.2) is 60.8 Å². The molecule has 62 heavy (non-hydrogen) atoms. The summed E-state index contributed by atoms with van der Waals surface area (Å²) < 4.78 is 33.4. The number of esters is 2. The van der Waals surface area contributed by atoms with Crippen LogP contribution in [0.1, 0.15) is 162 Å². The minimum Gasteiger partial charge on any atom is -0.462 e. The van der Waals surface area contributed by atoms with Crippen LogP contribution in [0.3, 0.4) is 0 Å². The van der Waals surface area contributed by atoms with Crippen LogP contribution >= 0.6 is 7.82 Å². The fourth-order valence-corrected chi connectivity index (χ4v) is 7.50. The summed E-state index contributed by atoms with van der Waals surface area (Å²) in [5.41, 5.74) is 0. The van der Waals surface area contributed by atoms with Crippen molar-refractivity contribution >= 4 is 25.5 Å². The van der Waals surface area contributed by atoms with Gasteiger partial charge in [0.1, 0.15) is 43.2 Å². The third-order valence-electron chi connectivity index (χ3n) is 10.3. The van der Waals surface area contributed by atoms with E-state index < -0.39 is 75.7 Å². The molecule has 6 N–H and O–H groups in total. The number of allylic oxidation sites excluding steroid dienone is 10. The lowest BCUT2D eigenvalue weighted by Crippen LogP contribution is -2.64. The Morgan fingerprint density at radius 1 is 0.548 bits per heavy atom. The highest BCUT2D eigenvalue weighted by molar-refractivity contribution is 7.47. The van der Waals surface area contributed by atoms with Gasteiger partial charge in [-0.3, -0.25) is 23.4 Å². The number of rotatable bonds is 37. The predicted octanol–water partition coefficient (Wildman–Crippen LogP) is 8.12. The van der Waals surface area contributed by atoms with Crippen molar-refractivity contribution in [3.05, 3.63) is 60.8 Å². The first-order valence-electron chi connectivity index (χ1n) is 23.0. The van der Waals surface area contributed by atoms with Crippen LogP contribution in [0.5, 0.6) is 0 Å². The molecule has 0 bridgehead atoms. The second-order valence-electron chi connectivity index (χ2n) is 15.9. The maximum atomic E-state index is 12.8. The molecule has 0 radical (unpaired) electrons. The molecule has 3 unspecified atom stereocenters. The molecule has 0 aromatic carbocycles. The molecule has 1 saturated carbocycles. The number of aliphatic hydroxyl groups is 5. The normalized spacial score (nSPS) is 22.3. The number of aliphatic hydroxyl groups excluding tert-OH is 5. The van der Waals surface area contributed by atoms with E-state index in [1.165, 1.54) is 38.5 Å². The van der Waals surface area contributed by atoms with Gasteiger partial charge in [-0.1, -0.05) is 133 Å². The molecule has 0 aliphatic heterocycles. The zero-order chi connectivity index (χ0) is 45.9. The second-order valence-corrected chi connectivity index (χ2v) is 17.3. The highest BCUT2D eigenvalue weighted by atomic mass is 31.2. The van der Waals surface area contributed by atoms with Gasteiger partial charge in [-0.2, -0.15) is 0 Å². The van der Waals surface area contributed by atoms with Crippen LogP contribution in [0.25, 0.3) is 0 Å². The lowest BCUT2D eigenvalue weighted by Gasteiger charge is -2.41. The van der Waals surface area contributed by atoms with Crippen LogP contribution < -0.4 is 0 Å². The van der Waals surface area contributed by atoms with Crippen LogP contribution in [-0.4, -0.2) is 104 Å². The summed E-state index contributed by atoms with van der Waals surface area (Å²) in [6.45, 7) is 3.07. The molecule has 14 nitrogen and oxygen atoms in total. The summed E-state index contributed by atoms with van der Waals surface area (Å²) in [4.78, 5) is 47.4. The van der Waals surface area contributed by atoms with Crippen LogP contribution in [0, 0.1) is 0 Å². The Labute approximate surface area is 370 Å². The van der Waals surface area contributed by atoms with Crippen molar-refractivity contribution < 1.29 is 67.9 Å². The molecule has 0 amide bonds. The van der Waals surface area contributed by atoms with E-state index >= 15 is 0 Å². The molecule has 8 atom stereocenters. The molecule has 1 fully saturated rings. The van der Waals surface area contributed by atoms with Crippen molar-refractivity contribution in [1.82, 2.24) is 0 Å². The fourth-order valence-electron chi connectivity index (χ4n) is 6.52. The van der Waals surface area contributed by atoms with Gasteiger partial charge < -0.3 is 39.9 Å². The Hall–Kier alpha value is -2.78. The van der Waals surface area contributed by atoms with E-state index in [0.717, 1.165) is 64.2 Å². The summed E-state index contributed by atoms with van der Waals surface area (Å²) >= 11 is 0. The summed E-state index contributed by atoms with van der Waals surface area (Å²) in [5, 5.41) is 50.1. The van der Waals surface area contributed by atoms with E-state index in [1.807, 2.05) is 36.5 Å². The molecule has 0 saturated heterocycles. The van der Waals surface area contributed by atoms with Gasteiger partial charge in [0.25, 0.3) is 0 Å². The van der Waals surface area contributed by atoms with Crippen molar-refractivity contribution in [3.8, 4) is 0 Å². The summed E-state index contributed by atoms with van der Waals surface area (Å²) in [6.07, 6.45) is 26.9. The molecule has 0 spiro atoms. The van der Waals surface area contributed by atoms with Gasteiger partial charge in [0.15, 0.2) is 11.9 Å². The van der Waals surface area contributed by atoms with E-state index in [9.17, 15) is 49.4 Å². The van der Waals surface area contributed by atoms with Crippen molar-refractivity contribution in [2.45, 2.75) is 204 Å². The van der Waals surface area contributed by atoms with E-state index in [0.29, 0.717) is 32.1 Å². The maximum Gasteiger partial charge on any atom is 0.472 e. The number of phosphoric ester groups is 1. The predicted molar refractivity (Wildman–Crippen MR) is 240 cm³/mol. The Balaban J connectivity index is 2.54. The minimum atomic E-state index is -5.15. The second kappa shape index (κ2) is 36.5. The van der Waals surface area contributed by atoms with Gasteiger partial charge in [0, 0.05) is 19.3 Å². The monoisotopic (exact) mass is 899 g/mol. The number of ether oxygens (including phenoxy) is 2. The number of hydrogen-bond donors (Lipinski definition) is 6. The van der Waals surface area contributed by atoms with Crippen LogP contribution in [-0.2, 0) is 37.5 Å². The molecule has 356 valence electrons. The summed E-state index contributed by atoms with van der Waals surface area (Å²) in [5.74, 6) is -1.08. The van der Waals surface area contributed by atoms with Crippen LogP contribution in [0.4, 0.5) is 0 Å². The average molecular weight is 899 g/mol. The van der Waals surface area contributed by atoms with Gasteiger partial charge in [0.05, 0.1) is 6.61 Å². The molecule has 0 heterocycles. The number of carbonyl (C=O) groups excluding carboxylic acids is 3. The summed E-state index contributed by atoms with van der Waals surface area (Å²) in [7, 11) is -5.15. The minimum absolute atomic E-state index is 0.00912. The van der Waals surface area contributed by atoms with E-state index in [1.54, 1.807) is 12.2 Å². The van der Waals surface area contributed by atoms with Gasteiger partial charge in [-0.25, -0.2) is 4.57 Å². The quantitative estimate of drug-likeness (QED) is 0.00865. The first kappa shape index (κ1) is 57.2. The van der Waals surface area contributed by atoms with Crippen molar-refractivity contribution in [2.24, 2.45) is 0 Å². The number of hydrogen-bond acceptors (Lipinski definition) is 13. The number of ketones is 1. The Bertz CT molecular complexity index is 1380.